The molecule has 0 aliphatic carbocycles. The summed E-state index contributed by atoms with van der Waals surface area (Å²) in [7, 11) is -3.96. The summed E-state index contributed by atoms with van der Waals surface area (Å²) < 4.78 is 32.3. The second-order valence-corrected chi connectivity index (χ2v) is 10.9. The molecule has 0 saturated heterocycles. The lowest BCUT2D eigenvalue weighted by Gasteiger charge is -2.25. The fourth-order valence-electron chi connectivity index (χ4n) is 3.45. The molecule has 0 spiro atoms. The van der Waals surface area contributed by atoms with Gasteiger partial charge in [-0.1, -0.05) is 32.0 Å². The first-order valence-electron chi connectivity index (χ1n) is 10.8. The first-order chi connectivity index (χ1) is 15.7. The third-order valence-corrected chi connectivity index (χ3v) is 7.66. The summed E-state index contributed by atoms with van der Waals surface area (Å²) in [5.74, 6) is -2.59. The maximum absolute atomic E-state index is 13.1. The number of nitrogens with one attached hydrogen (secondary N) is 3. The average molecular weight is 493 g/mol. The molecule has 1 aliphatic rings. The quantitative estimate of drug-likeness (QED) is 0.519. The Bertz CT molecular complexity index is 1100. The summed E-state index contributed by atoms with van der Waals surface area (Å²) in [6.45, 7) is 3.73. The molecule has 1 aromatic heterocycles. The second-order valence-electron chi connectivity index (χ2n) is 8.26. The zero-order valence-corrected chi connectivity index (χ0v) is 20.2. The molecule has 2 amide bonds. The number of carbonyl (C=O) groups is 3. The Labute approximate surface area is 197 Å². The van der Waals surface area contributed by atoms with Crippen LogP contribution in [0.5, 0.6) is 0 Å². The first-order valence-corrected chi connectivity index (χ1v) is 13.1. The molecule has 0 fully saturated rings. The number of aryl methyl sites for hydroxylation is 2. The highest BCUT2D eigenvalue weighted by Gasteiger charge is 2.33. The maximum Gasteiger partial charge on any atom is 0.289 e. The molecule has 2 bridgehead atoms. The highest BCUT2D eigenvalue weighted by atomic mass is 32.2. The molecule has 3 rings (SSSR count). The number of rotatable bonds is 6. The fraction of sp³-hybridized carbons (Fsp3) is 0.455. The van der Waals surface area contributed by atoms with Crippen molar-refractivity contribution in [1.29, 1.82) is 0 Å². The molecule has 2 unspecified atom stereocenters. The summed E-state index contributed by atoms with van der Waals surface area (Å²) in [5.41, 5.74) is 0.799. The molecular formula is C22H28N4O5S2. The number of ketones is 1. The Morgan fingerprint density at radius 1 is 1.18 bits per heavy atom. The molecule has 11 heteroatoms. The van der Waals surface area contributed by atoms with E-state index in [0.717, 1.165) is 17.0 Å². The van der Waals surface area contributed by atoms with Crippen LogP contribution in [-0.4, -0.2) is 49.0 Å². The Kier molecular flexibility index (Phi) is 8.33. The molecule has 0 radical (unpaired) electrons. The molecule has 3 N–H and O–H groups in total. The van der Waals surface area contributed by atoms with E-state index in [9.17, 15) is 22.8 Å². The van der Waals surface area contributed by atoms with Gasteiger partial charge in [-0.15, -0.1) is 0 Å². The normalized spacial score (nSPS) is 18.7. The van der Waals surface area contributed by atoms with Crippen LogP contribution in [0, 0.1) is 5.92 Å². The molecule has 0 saturated carbocycles. The second kappa shape index (κ2) is 11.0. The molecule has 2 atom stereocenters. The summed E-state index contributed by atoms with van der Waals surface area (Å²) in [4.78, 5) is 39.3. The van der Waals surface area contributed by atoms with Crippen LogP contribution in [0.1, 0.15) is 37.3 Å². The van der Waals surface area contributed by atoms with Crippen LogP contribution in [0.2, 0.25) is 0 Å². The van der Waals surface area contributed by atoms with Crippen molar-refractivity contribution in [1.82, 2.24) is 19.7 Å². The lowest BCUT2D eigenvalue weighted by Crippen LogP contribution is -2.55. The van der Waals surface area contributed by atoms with Crippen molar-refractivity contribution >= 4 is 39.2 Å². The molecule has 2 heterocycles. The molecule has 33 heavy (non-hydrogen) atoms. The number of aromatic nitrogens is 1. The number of hydrogen-bond donors (Lipinski definition) is 3. The minimum atomic E-state index is -3.96. The summed E-state index contributed by atoms with van der Waals surface area (Å²) in [6.07, 6.45) is 2.03. The van der Waals surface area contributed by atoms with Gasteiger partial charge < -0.3 is 10.6 Å². The van der Waals surface area contributed by atoms with Gasteiger partial charge in [-0.05, 0) is 61.3 Å². The van der Waals surface area contributed by atoms with Crippen LogP contribution in [0.4, 0.5) is 0 Å². The molecule has 178 valence electrons. The lowest BCUT2D eigenvalue weighted by molar-refractivity contribution is -0.140. The number of amides is 2. The van der Waals surface area contributed by atoms with Crippen LogP contribution in [0.25, 0.3) is 0 Å². The lowest BCUT2D eigenvalue weighted by atomic mass is 10.0. The van der Waals surface area contributed by atoms with Crippen molar-refractivity contribution in [2.45, 2.75) is 56.5 Å². The number of sulfonamides is 1. The van der Waals surface area contributed by atoms with Gasteiger partial charge in [0.25, 0.3) is 5.91 Å². The fourth-order valence-corrected chi connectivity index (χ4v) is 5.62. The van der Waals surface area contributed by atoms with Crippen LogP contribution < -0.4 is 15.4 Å². The molecule has 1 aromatic carbocycles. The van der Waals surface area contributed by atoms with Crippen molar-refractivity contribution in [3.8, 4) is 0 Å². The zero-order chi connectivity index (χ0) is 24.0. The van der Waals surface area contributed by atoms with Gasteiger partial charge in [0, 0.05) is 11.4 Å². The van der Waals surface area contributed by atoms with Gasteiger partial charge >= 0.3 is 0 Å². The summed E-state index contributed by atoms with van der Waals surface area (Å²) in [6, 6.07) is 7.49. The van der Waals surface area contributed by atoms with E-state index in [1.54, 1.807) is 32.0 Å². The average Bonchev–Trinajstić information content (AvgIpc) is 3.24. The zero-order valence-electron chi connectivity index (χ0n) is 18.5. The monoisotopic (exact) mass is 492 g/mol. The van der Waals surface area contributed by atoms with E-state index in [-0.39, 0.29) is 11.3 Å². The number of nitrogens with zero attached hydrogens (tertiary/aromatic N) is 1. The third kappa shape index (κ3) is 6.68. The van der Waals surface area contributed by atoms with Crippen molar-refractivity contribution in [3.05, 3.63) is 47.0 Å². The van der Waals surface area contributed by atoms with Crippen molar-refractivity contribution < 1.29 is 22.8 Å². The van der Waals surface area contributed by atoms with Gasteiger partial charge in [0.1, 0.15) is 6.04 Å². The standard InChI is InChI=1S/C22H28N4O5S2/c1-14(2)19(26-33(30,31)17-8-4-3-5-9-17)21(28)24-18-11-10-15-13-16(32-25-15)7-6-12-23-22(29)20(18)27/h3-5,8-9,13-14,18-19,26H,6-7,10-12H2,1-2H3,(H,23,29)(H,24,28). The predicted octanol–water partition coefficient (Wildman–Crippen LogP) is 1.20. The van der Waals surface area contributed by atoms with Gasteiger partial charge in [-0.25, -0.2) is 8.42 Å². The van der Waals surface area contributed by atoms with Crippen LogP contribution in [0.15, 0.2) is 41.3 Å². The number of benzene rings is 1. The SMILES string of the molecule is CC(C)C(NS(=O)(=O)c1ccccc1)C(=O)NC1CCc2cc(sn2)CCCNC(=O)C1=O. The van der Waals surface area contributed by atoms with E-state index in [1.807, 2.05) is 6.07 Å². The highest BCUT2D eigenvalue weighted by Crippen LogP contribution is 2.16. The Balaban J connectivity index is 1.78. The van der Waals surface area contributed by atoms with E-state index in [0.29, 0.717) is 19.4 Å². The highest BCUT2D eigenvalue weighted by molar-refractivity contribution is 7.89. The van der Waals surface area contributed by atoms with Crippen molar-refractivity contribution in [3.63, 3.8) is 0 Å². The Morgan fingerprint density at radius 2 is 1.91 bits per heavy atom. The van der Waals surface area contributed by atoms with Gasteiger partial charge in [-0.2, -0.15) is 9.10 Å². The molecular weight excluding hydrogens is 464 g/mol. The van der Waals surface area contributed by atoms with Gasteiger partial charge in [0.2, 0.25) is 21.7 Å². The van der Waals surface area contributed by atoms with Crippen LogP contribution in [0.3, 0.4) is 0 Å². The topological polar surface area (TPSA) is 134 Å². The van der Waals surface area contributed by atoms with E-state index in [4.69, 9.17) is 0 Å². The Morgan fingerprint density at radius 3 is 2.61 bits per heavy atom. The predicted molar refractivity (Wildman–Crippen MR) is 124 cm³/mol. The maximum atomic E-state index is 13.1. The number of fused-ring (bicyclic) bond motifs is 2. The van der Waals surface area contributed by atoms with Crippen LogP contribution >= 0.6 is 11.5 Å². The third-order valence-electron chi connectivity index (χ3n) is 5.32. The van der Waals surface area contributed by atoms with Gasteiger partial charge in [0.05, 0.1) is 16.6 Å². The number of carbonyl (C=O) groups excluding carboxylic acids is 3. The summed E-state index contributed by atoms with van der Waals surface area (Å²) >= 11 is 1.39. The Hall–Kier alpha value is -2.63. The smallest absolute Gasteiger partial charge is 0.289 e. The van der Waals surface area contributed by atoms with E-state index >= 15 is 0 Å². The van der Waals surface area contributed by atoms with Crippen molar-refractivity contribution in [2.24, 2.45) is 5.92 Å². The van der Waals surface area contributed by atoms with Gasteiger partial charge in [-0.3, -0.25) is 14.4 Å². The van der Waals surface area contributed by atoms with Gasteiger partial charge in [0.15, 0.2) is 0 Å². The molecule has 9 nitrogen and oxygen atoms in total. The van der Waals surface area contributed by atoms with E-state index in [1.165, 1.54) is 23.7 Å². The van der Waals surface area contributed by atoms with Crippen molar-refractivity contribution in [2.75, 3.05) is 6.54 Å². The minimum absolute atomic E-state index is 0.0317. The largest absolute Gasteiger partial charge is 0.349 e. The van der Waals surface area contributed by atoms with E-state index < -0.39 is 45.6 Å². The molecule has 1 aliphatic heterocycles. The number of hydrogen-bond acceptors (Lipinski definition) is 7. The first kappa shape index (κ1) is 25.0. The minimum Gasteiger partial charge on any atom is -0.349 e. The van der Waals surface area contributed by atoms with Crippen LogP contribution in [-0.2, 0) is 37.2 Å². The summed E-state index contributed by atoms with van der Waals surface area (Å²) in [5, 5.41) is 5.20. The number of Topliss-reactive ketones (excluding diaryl/α,β-unsaturated/α-hetero) is 1. The van der Waals surface area contributed by atoms with E-state index in [2.05, 4.69) is 19.7 Å². The molecule has 2 aromatic rings.